The summed E-state index contributed by atoms with van der Waals surface area (Å²) in [5.41, 5.74) is 3.18. The fourth-order valence-corrected chi connectivity index (χ4v) is 11.0. The van der Waals surface area contributed by atoms with Crippen LogP contribution in [0.5, 0.6) is 5.75 Å². The number of hydrogen-bond donors (Lipinski definition) is 2. The van der Waals surface area contributed by atoms with Gasteiger partial charge in [-0.05, 0) is 92.6 Å². The Morgan fingerprint density at radius 1 is 0.855 bits per heavy atom. The van der Waals surface area contributed by atoms with Crippen LogP contribution in [0, 0.1) is 28.1 Å². The number of hydrogen-bond acceptors (Lipinski definition) is 10. The van der Waals surface area contributed by atoms with Gasteiger partial charge in [-0.1, -0.05) is 39.3 Å². The van der Waals surface area contributed by atoms with Crippen LogP contribution in [-0.4, -0.2) is 90.4 Å². The summed E-state index contributed by atoms with van der Waals surface area (Å²) in [5, 5.41) is 21.5. The van der Waals surface area contributed by atoms with E-state index in [9.17, 15) is 24.4 Å². The molecule has 3 amide bonds. The van der Waals surface area contributed by atoms with Crippen molar-refractivity contribution in [2.45, 2.75) is 90.3 Å². The number of ether oxygens (including phenoxy) is 1. The van der Waals surface area contributed by atoms with Gasteiger partial charge >= 0.3 is 0 Å². The largest absolute Gasteiger partial charge is 0.489 e. The van der Waals surface area contributed by atoms with Crippen molar-refractivity contribution in [1.29, 1.82) is 5.26 Å². The number of piperidine rings is 2. The minimum Gasteiger partial charge on any atom is -0.489 e. The second-order valence-electron chi connectivity index (χ2n) is 19.2. The van der Waals surface area contributed by atoms with Crippen molar-refractivity contribution in [1.82, 2.24) is 25.3 Å². The van der Waals surface area contributed by atoms with Gasteiger partial charge in [-0.3, -0.25) is 29.4 Å². The summed E-state index contributed by atoms with van der Waals surface area (Å²) in [5.74, 6) is 0.640. The molecular weight excluding hydrogens is 804 g/mol. The summed E-state index contributed by atoms with van der Waals surface area (Å²) in [4.78, 5) is 59.0. The van der Waals surface area contributed by atoms with Crippen molar-refractivity contribution in [2.75, 3.05) is 55.6 Å². The molecule has 13 nitrogen and oxygen atoms in total. The number of piperazine rings is 1. The minimum absolute atomic E-state index is 0.0988. The van der Waals surface area contributed by atoms with Crippen LogP contribution in [0.25, 0.3) is 10.8 Å². The molecule has 1 unspecified atom stereocenters. The number of nitriles is 1. The van der Waals surface area contributed by atoms with Gasteiger partial charge in [0.25, 0.3) is 17.4 Å². The number of benzene rings is 3. The van der Waals surface area contributed by atoms with Gasteiger partial charge in [0.05, 0.1) is 21.7 Å². The maximum absolute atomic E-state index is 13.6. The van der Waals surface area contributed by atoms with Gasteiger partial charge in [0.1, 0.15) is 24.0 Å². The molecule has 324 valence electrons. The Labute approximate surface area is 367 Å². The fourth-order valence-electron chi connectivity index (χ4n) is 10.8. The average Bonchev–Trinajstić information content (AvgIpc) is 4.11. The van der Waals surface area contributed by atoms with Gasteiger partial charge < -0.3 is 19.9 Å². The zero-order valence-corrected chi connectivity index (χ0v) is 36.7. The van der Waals surface area contributed by atoms with E-state index in [1.807, 2.05) is 24.3 Å². The third-order valence-corrected chi connectivity index (χ3v) is 14.5. The number of rotatable bonds is 10. The standard InChI is InChI=1S/C48H55ClN8O5/c1-47(2)45(48(3,4)46(47)62-35-13-9-32(27-50)38(49)26-35)52-42(59)31-7-10-33(11-8-31)55-19-17-29(18-20-55)28-54-21-23-56(24-22-54)34-12-14-36-37(25-34)41(30-5-6-30)53-57(44(36)61)39-15-16-40(58)51-43(39)60/h7-14,25-26,29-30,39,45-46H,5-6,15-24,28H2,1-4H3,(H,52,59)(H,51,58,60)/t39?,45-,46-. The number of halogens is 1. The van der Waals surface area contributed by atoms with Gasteiger partial charge in [0, 0.05) is 103 Å². The molecule has 5 aliphatic rings. The van der Waals surface area contributed by atoms with E-state index in [1.54, 1.807) is 18.2 Å². The van der Waals surface area contributed by atoms with Crippen molar-refractivity contribution in [3.05, 3.63) is 92.9 Å². The van der Waals surface area contributed by atoms with E-state index in [2.05, 4.69) is 77.3 Å². The monoisotopic (exact) mass is 858 g/mol. The topological polar surface area (TPSA) is 153 Å². The van der Waals surface area contributed by atoms with Crippen LogP contribution in [0.2, 0.25) is 5.02 Å². The molecule has 1 aromatic heterocycles. The van der Waals surface area contributed by atoms with Crippen LogP contribution < -0.4 is 30.7 Å². The molecule has 5 fully saturated rings. The molecule has 4 aromatic rings. The molecule has 14 heteroatoms. The van der Waals surface area contributed by atoms with Crippen LogP contribution >= 0.6 is 11.6 Å². The zero-order chi connectivity index (χ0) is 43.5. The Bertz CT molecular complexity index is 2500. The van der Waals surface area contributed by atoms with E-state index < -0.39 is 11.9 Å². The predicted octanol–water partition coefficient (Wildman–Crippen LogP) is 6.43. The molecule has 2 aliphatic carbocycles. The number of imide groups is 1. The third kappa shape index (κ3) is 7.92. The highest BCUT2D eigenvalue weighted by atomic mass is 35.5. The van der Waals surface area contributed by atoms with E-state index >= 15 is 0 Å². The number of anilines is 2. The second-order valence-corrected chi connectivity index (χ2v) is 19.6. The zero-order valence-electron chi connectivity index (χ0n) is 36.0. The first-order valence-corrected chi connectivity index (χ1v) is 22.5. The van der Waals surface area contributed by atoms with Crippen molar-refractivity contribution in [2.24, 2.45) is 16.7 Å². The molecule has 3 aromatic carbocycles. The minimum atomic E-state index is -0.770. The van der Waals surface area contributed by atoms with Crippen molar-refractivity contribution >= 4 is 51.5 Å². The lowest BCUT2D eigenvalue weighted by atomic mass is 9.49. The molecule has 9 rings (SSSR count). The quantitative estimate of drug-likeness (QED) is 0.171. The van der Waals surface area contributed by atoms with Crippen molar-refractivity contribution in [3.8, 4) is 11.8 Å². The van der Waals surface area contributed by atoms with Crippen molar-refractivity contribution in [3.63, 3.8) is 0 Å². The maximum atomic E-state index is 13.6. The summed E-state index contributed by atoms with van der Waals surface area (Å²) < 4.78 is 7.72. The lowest BCUT2D eigenvalue weighted by molar-refractivity contribution is -0.164. The van der Waals surface area contributed by atoms with Crippen LogP contribution in [0.3, 0.4) is 0 Å². The van der Waals surface area contributed by atoms with E-state index in [1.165, 1.54) is 4.68 Å². The predicted molar refractivity (Wildman–Crippen MR) is 239 cm³/mol. The molecule has 2 N–H and O–H groups in total. The van der Waals surface area contributed by atoms with E-state index in [4.69, 9.17) is 21.4 Å². The Kier molecular flexibility index (Phi) is 11.0. The summed E-state index contributed by atoms with van der Waals surface area (Å²) >= 11 is 6.27. The first-order chi connectivity index (χ1) is 29.7. The second kappa shape index (κ2) is 16.3. The molecule has 2 saturated carbocycles. The molecule has 0 radical (unpaired) electrons. The first-order valence-electron chi connectivity index (χ1n) is 22.1. The Hall–Kier alpha value is -5.45. The highest BCUT2D eigenvalue weighted by Gasteiger charge is 2.64. The molecule has 3 aliphatic heterocycles. The van der Waals surface area contributed by atoms with Crippen LogP contribution in [-0.2, 0) is 9.59 Å². The SMILES string of the molecule is CC1(C)[C@H](NC(=O)c2ccc(N3CCC(CN4CCN(c5ccc6c(=O)n(C7CCC(=O)NC7=O)nc(C7CC7)c6c5)CC4)CC3)cc2)C(C)(C)[C@H]1Oc1ccc(C#N)c(Cl)c1. The highest BCUT2D eigenvalue weighted by molar-refractivity contribution is 6.31. The Morgan fingerprint density at radius 3 is 2.18 bits per heavy atom. The molecule has 3 saturated heterocycles. The number of nitrogens with one attached hydrogen (secondary N) is 2. The Morgan fingerprint density at radius 2 is 1.53 bits per heavy atom. The lowest BCUT2D eigenvalue weighted by Crippen LogP contribution is -2.74. The van der Waals surface area contributed by atoms with Crippen LogP contribution in [0.1, 0.15) is 99.8 Å². The van der Waals surface area contributed by atoms with Gasteiger partial charge in [0.15, 0.2) is 0 Å². The van der Waals surface area contributed by atoms with Crippen molar-refractivity contribution < 1.29 is 19.1 Å². The number of fused-ring (bicyclic) bond motifs is 1. The Balaban J connectivity index is 0.754. The van der Waals surface area contributed by atoms with Crippen LogP contribution in [0.4, 0.5) is 11.4 Å². The molecule has 0 spiro atoms. The van der Waals surface area contributed by atoms with Gasteiger partial charge in [-0.2, -0.15) is 10.4 Å². The summed E-state index contributed by atoms with van der Waals surface area (Å²) in [7, 11) is 0. The summed E-state index contributed by atoms with van der Waals surface area (Å²) in [6, 6.07) is 20.3. The van der Waals surface area contributed by atoms with E-state index in [0.717, 1.165) is 94.0 Å². The van der Waals surface area contributed by atoms with E-state index in [0.29, 0.717) is 33.2 Å². The van der Waals surface area contributed by atoms with Gasteiger partial charge in [0.2, 0.25) is 5.91 Å². The number of carbonyl (C=O) groups excluding carboxylic acids is 3. The highest BCUT2D eigenvalue weighted by Crippen LogP contribution is 2.55. The lowest BCUT2D eigenvalue weighted by Gasteiger charge is -2.63. The number of carbonyl (C=O) groups is 3. The maximum Gasteiger partial charge on any atom is 0.275 e. The van der Waals surface area contributed by atoms with E-state index in [-0.39, 0.29) is 59.1 Å². The number of aromatic nitrogens is 2. The average molecular weight is 859 g/mol. The molecular formula is C48H55ClN8O5. The number of nitrogens with zero attached hydrogens (tertiary/aromatic N) is 6. The smallest absolute Gasteiger partial charge is 0.275 e. The summed E-state index contributed by atoms with van der Waals surface area (Å²) in [6.45, 7) is 15.2. The molecule has 62 heavy (non-hydrogen) atoms. The van der Waals surface area contributed by atoms with Crippen LogP contribution in [0.15, 0.2) is 65.5 Å². The van der Waals surface area contributed by atoms with Gasteiger partial charge in [-0.25, -0.2) is 4.68 Å². The third-order valence-electron chi connectivity index (χ3n) is 14.2. The normalized spacial score (nSPS) is 24.0. The molecule has 4 heterocycles. The molecule has 0 bridgehead atoms. The number of amides is 3. The molecule has 1 atom stereocenters. The first kappa shape index (κ1) is 41.9. The fraction of sp³-hybridized carbons (Fsp3) is 0.500. The van der Waals surface area contributed by atoms with Gasteiger partial charge in [-0.15, -0.1) is 0 Å². The summed E-state index contributed by atoms with van der Waals surface area (Å²) in [6.07, 6.45) is 4.56.